The maximum absolute atomic E-state index is 12.6. The Morgan fingerprint density at radius 3 is 3.00 bits per heavy atom. The second kappa shape index (κ2) is 7.61. The number of urea groups is 1. The predicted octanol–water partition coefficient (Wildman–Crippen LogP) is 2.52. The minimum atomic E-state index is 0.0806. The van der Waals surface area contributed by atoms with Crippen molar-refractivity contribution in [1.82, 2.24) is 24.8 Å². The molecular formula is C19H27N5O2. The van der Waals surface area contributed by atoms with Gasteiger partial charge in [0.15, 0.2) is 5.65 Å². The van der Waals surface area contributed by atoms with E-state index >= 15 is 0 Å². The summed E-state index contributed by atoms with van der Waals surface area (Å²) in [5.74, 6) is 1.27. The summed E-state index contributed by atoms with van der Waals surface area (Å²) in [7, 11) is 1.71. The number of aromatic nitrogens is 3. The van der Waals surface area contributed by atoms with Crippen LogP contribution in [0.4, 0.5) is 4.79 Å². The Kier molecular flexibility index (Phi) is 5.06. The van der Waals surface area contributed by atoms with Crippen LogP contribution in [0, 0.1) is 0 Å². The van der Waals surface area contributed by atoms with Crippen molar-refractivity contribution in [3.63, 3.8) is 0 Å². The zero-order valence-electron chi connectivity index (χ0n) is 15.4. The van der Waals surface area contributed by atoms with Gasteiger partial charge in [0.1, 0.15) is 11.3 Å². The average molecular weight is 357 g/mol. The molecule has 7 nitrogen and oxygen atoms in total. The van der Waals surface area contributed by atoms with E-state index in [0.29, 0.717) is 12.6 Å². The highest BCUT2D eigenvalue weighted by Gasteiger charge is 2.32. The van der Waals surface area contributed by atoms with E-state index < -0.39 is 0 Å². The molecule has 0 unspecified atom stereocenters. The molecule has 1 saturated heterocycles. The van der Waals surface area contributed by atoms with Crippen molar-refractivity contribution in [2.75, 3.05) is 26.8 Å². The van der Waals surface area contributed by atoms with Crippen LogP contribution in [0.1, 0.15) is 43.8 Å². The van der Waals surface area contributed by atoms with E-state index in [1.807, 2.05) is 17.0 Å². The number of hydrogen-bond acceptors (Lipinski definition) is 4. The van der Waals surface area contributed by atoms with Crippen LogP contribution in [0.5, 0.6) is 0 Å². The second-order valence-corrected chi connectivity index (χ2v) is 7.32. The smallest absolute Gasteiger partial charge is 0.317 e. The SMILES string of the molecule is COCCn1c([C@H]2CCN(C(=O)NC3CCCC3)C2)nc2cccnc21. The maximum atomic E-state index is 12.6. The summed E-state index contributed by atoms with van der Waals surface area (Å²) in [6.45, 7) is 2.84. The Morgan fingerprint density at radius 2 is 2.19 bits per heavy atom. The van der Waals surface area contributed by atoms with Gasteiger partial charge in [0.2, 0.25) is 0 Å². The van der Waals surface area contributed by atoms with Gasteiger partial charge in [-0.15, -0.1) is 0 Å². The minimum Gasteiger partial charge on any atom is -0.383 e. The van der Waals surface area contributed by atoms with Crippen molar-refractivity contribution in [3.05, 3.63) is 24.2 Å². The number of hydrogen-bond donors (Lipinski definition) is 1. The van der Waals surface area contributed by atoms with E-state index in [2.05, 4.69) is 14.9 Å². The first kappa shape index (κ1) is 17.3. The molecular weight excluding hydrogens is 330 g/mol. The highest BCUT2D eigenvalue weighted by atomic mass is 16.5. The van der Waals surface area contributed by atoms with Gasteiger partial charge in [0.25, 0.3) is 0 Å². The number of rotatable bonds is 5. The highest BCUT2D eigenvalue weighted by molar-refractivity contribution is 5.75. The lowest BCUT2D eigenvalue weighted by Gasteiger charge is -2.20. The number of methoxy groups -OCH3 is 1. The number of amides is 2. The average Bonchev–Trinajstić information content (AvgIpc) is 3.39. The maximum Gasteiger partial charge on any atom is 0.317 e. The van der Waals surface area contributed by atoms with Gasteiger partial charge in [-0.2, -0.15) is 0 Å². The number of carbonyl (C=O) groups excluding carboxylic acids is 1. The van der Waals surface area contributed by atoms with Crippen LogP contribution in [0.25, 0.3) is 11.2 Å². The molecule has 1 N–H and O–H groups in total. The normalized spacial score (nSPS) is 21.0. The zero-order valence-corrected chi connectivity index (χ0v) is 15.4. The molecule has 26 heavy (non-hydrogen) atoms. The van der Waals surface area contributed by atoms with Crippen LogP contribution < -0.4 is 5.32 Å². The van der Waals surface area contributed by atoms with Crippen LogP contribution in [0.2, 0.25) is 0 Å². The van der Waals surface area contributed by atoms with Crippen molar-refractivity contribution in [2.45, 2.75) is 50.6 Å². The van der Waals surface area contributed by atoms with Crippen molar-refractivity contribution >= 4 is 17.2 Å². The van der Waals surface area contributed by atoms with E-state index in [4.69, 9.17) is 9.72 Å². The van der Waals surface area contributed by atoms with Gasteiger partial charge in [-0.25, -0.2) is 14.8 Å². The predicted molar refractivity (Wildman–Crippen MR) is 99.1 cm³/mol. The fourth-order valence-electron chi connectivity index (χ4n) is 4.18. The Morgan fingerprint density at radius 1 is 1.35 bits per heavy atom. The lowest BCUT2D eigenvalue weighted by Crippen LogP contribution is -2.42. The summed E-state index contributed by atoms with van der Waals surface area (Å²) < 4.78 is 7.42. The van der Waals surface area contributed by atoms with Gasteiger partial charge in [-0.3, -0.25) is 0 Å². The van der Waals surface area contributed by atoms with Crippen molar-refractivity contribution in [2.24, 2.45) is 0 Å². The third-order valence-corrected chi connectivity index (χ3v) is 5.58. The van der Waals surface area contributed by atoms with Gasteiger partial charge in [0, 0.05) is 44.9 Å². The van der Waals surface area contributed by atoms with Crippen LogP contribution >= 0.6 is 0 Å². The van der Waals surface area contributed by atoms with Gasteiger partial charge >= 0.3 is 6.03 Å². The monoisotopic (exact) mass is 357 g/mol. The fourth-order valence-corrected chi connectivity index (χ4v) is 4.18. The van der Waals surface area contributed by atoms with Crippen LogP contribution in [0.15, 0.2) is 18.3 Å². The van der Waals surface area contributed by atoms with Crippen molar-refractivity contribution in [3.8, 4) is 0 Å². The molecule has 7 heteroatoms. The molecule has 1 atom stereocenters. The highest BCUT2D eigenvalue weighted by Crippen LogP contribution is 2.29. The molecule has 1 aliphatic carbocycles. The Hall–Kier alpha value is -2.15. The topological polar surface area (TPSA) is 72.3 Å². The molecule has 1 saturated carbocycles. The number of pyridine rings is 1. The molecule has 2 amide bonds. The van der Waals surface area contributed by atoms with Gasteiger partial charge in [-0.1, -0.05) is 12.8 Å². The molecule has 2 fully saturated rings. The Balaban J connectivity index is 1.50. The summed E-state index contributed by atoms with van der Waals surface area (Å²) in [5, 5.41) is 3.20. The largest absolute Gasteiger partial charge is 0.383 e. The van der Waals surface area contributed by atoms with Crippen molar-refractivity contribution in [1.29, 1.82) is 0 Å². The molecule has 2 aliphatic rings. The third kappa shape index (κ3) is 3.40. The Bertz CT molecular complexity index is 768. The fraction of sp³-hybridized carbons (Fsp3) is 0.632. The number of carbonyl (C=O) groups is 1. The molecule has 1 aliphatic heterocycles. The number of fused-ring (bicyclic) bond motifs is 1. The molecule has 2 aromatic heterocycles. The van der Waals surface area contributed by atoms with Crippen LogP contribution in [-0.4, -0.2) is 58.3 Å². The van der Waals surface area contributed by atoms with E-state index in [-0.39, 0.29) is 11.9 Å². The molecule has 3 heterocycles. The second-order valence-electron chi connectivity index (χ2n) is 7.32. The quantitative estimate of drug-likeness (QED) is 0.892. The standard InChI is InChI=1S/C19H27N5O2/c1-26-12-11-24-17(22-16-7-4-9-20-18(16)24)14-8-10-23(13-14)19(25)21-15-5-2-3-6-15/h4,7,9,14-15H,2-3,5-6,8,10-13H2,1H3,(H,21,25)/t14-/m0/s1. The van der Waals surface area contributed by atoms with Crippen molar-refractivity contribution < 1.29 is 9.53 Å². The van der Waals surface area contributed by atoms with Gasteiger partial charge in [0.05, 0.1) is 6.61 Å². The molecule has 0 bridgehead atoms. The first-order chi connectivity index (χ1) is 12.8. The molecule has 0 radical (unpaired) electrons. The number of imidazole rings is 1. The molecule has 140 valence electrons. The van der Waals surface area contributed by atoms with E-state index in [9.17, 15) is 4.79 Å². The first-order valence-corrected chi connectivity index (χ1v) is 9.62. The lowest BCUT2D eigenvalue weighted by atomic mass is 10.1. The number of nitrogens with zero attached hydrogens (tertiary/aromatic N) is 4. The molecule has 0 aromatic carbocycles. The summed E-state index contributed by atoms with van der Waals surface area (Å²) in [4.78, 5) is 23.8. The van der Waals surface area contributed by atoms with Crippen LogP contribution in [-0.2, 0) is 11.3 Å². The summed E-state index contributed by atoms with van der Waals surface area (Å²) in [6, 6.07) is 4.35. The van der Waals surface area contributed by atoms with E-state index in [1.165, 1.54) is 12.8 Å². The number of ether oxygens (including phenoxy) is 1. The third-order valence-electron chi connectivity index (χ3n) is 5.58. The van der Waals surface area contributed by atoms with Gasteiger partial charge < -0.3 is 19.5 Å². The number of likely N-dealkylation sites (tertiary alicyclic amines) is 1. The van der Waals surface area contributed by atoms with Gasteiger partial charge in [-0.05, 0) is 31.4 Å². The Labute approximate surface area is 153 Å². The lowest BCUT2D eigenvalue weighted by molar-refractivity contribution is 0.186. The summed E-state index contributed by atoms with van der Waals surface area (Å²) >= 11 is 0. The summed E-state index contributed by atoms with van der Waals surface area (Å²) in [6.07, 6.45) is 7.42. The zero-order chi connectivity index (χ0) is 17.9. The first-order valence-electron chi connectivity index (χ1n) is 9.62. The summed E-state index contributed by atoms with van der Waals surface area (Å²) in [5.41, 5.74) is 1.81. The molecule has 0 spiro atoms. The van der Waals surface area contributed by atoms with E-state index in [0.717, 1.165) is 55.9 Å². The molecule has 2 aromatic rings. The van der Waals surface area contributed by atoms with E-state index in [1.54, 1.807) is 13.3 Å². The minimum absolute atomic E-state index is 0.0806. The molecule has 4 rings (SSSR count). The number of nitrogens with one attached hydrogen (secondary N) is 1. The van der Waals surface area contributed by atoms with Crippen LogP contribution in [0.3, 0.4) is 0 Å².